The van der Waals surface area contributed by atoms with E-state index in [0.29, 0.717) is 18.0 Å². The van der Waals surface area contributed by atoms with Crippen LogP contribution in [0.2, 0.25) is 0 Å². The van der Waals surface area contributed by atoms with E-state index in [9.17, 15) is 10.2 Å². The molecular formula is C8H13NO3S. The lowest BCUT2D eigenvalue weighted by molar-refractivity contribution is -0.0915. The number of thioether (sulfide) groups is 1. The third-order valence-electron chi connectivity index (χ3n) is 2.42. The van der Waals surface area contributed by atoms with Crippen molar-refractivity contribution in [3.05, 3.63) is 0 Å². The minimum atomic E-state index is -0.835. The number of fused-ring (bicyclic) bond motifs is 1. The Hall–Kier alpha value is -0.100. The molecule has 5 heteroatoms. The number of nitrogens with zero attached hydrogens (tertiary/aromatic N) is 1. The summed E-state index contributed by atoms with van der Waals surface area (Å²) in [5.41, 5.74) is 0.463. The molecule has 2 rings (SSSR count). The second-order valence-corrected chi connectivity index (χ2v) is 4.25. The van der Waals surface area contributed by atoms with Crippen molar-refractivity contribution < 1.29 is 14.9 Å². The van der Waals surface area contributed by atoms with Gasteiger partial charge in [0.25, 0.3) is 0 Å². The number of rotatable bonds is 1. The molecule has 1 saturated heterocycles. The SMILES string of the molecule is CC[C@H]1O[C@@H]2SCN=C2[C@@H](O)[C@@H]1O. The van der Waals surface area contributed by atoms with Crippen molar-refractivity contribution >= 4 is 17.5 Å². The van der Waals surface area contributed by atoms with Gasteiger partial charge in [0.05, 0.1) is 17.7 Å². The number of hydrogen-bond acceptors (Lipinski definition) is 5. The summed E-state index contributed by atoms with van der Waals surface area (Å²) in [7, 11) is 0. The fraction of sp³-hybridized carbons (Fsp3) is 0.875. The molecule has 4 atom stereocenters. The topological polar surface area (TPSA) is 62.0 Å². The van der Waals surface area contributed by atoms with E-state index in [2.05, 4.69) is 4.99 Å². The van der Waals surface area contributed by atoms with Gasteiger partial charge in [-0.15, -0.1) is 11.8 Å². The van der Waals surface area contributed by atoms with Crippen LogP contribution in [0.15, 0.2) is 4.99 Å². The number of ether oxygens (including phenoxy) is 1. The summed E-state index contributed by atoms with van der Waals surface area (Å²) in [6, 6.07) is 0. The highest BCUT2D eigenvalue weighted by atomic mass is 32.2. The van der Waals surface area contributed by atoms with E-state index in [1.165, 1.54) is 0 Å². The molecule has 0 radical (unpaired) electrons. The molecular weight excluding hydrogens is 190 g/mol. The monoisotopic (exact) mass is 203 g/mol. The molecule has 74 valence electrons. The first-order valence-corrected chi connectivity index (χ1v) is 5.46. The Morgan fingerprint density at radius 2 is 2.38 bits per heavy atom. The van der Waals surface area contributed by atoms with Crippen molar-refractivity contribution in [2.24, 2.45) is 4.99 Å². The Bertz CT molecular complexity index is 233. The maximum absolute atomic E-state index is 9.68. The first kappa shape index (κ1) is 9.45. The van der Waals surface area contributed by atoms with E-state index in [4.69, 9.17) is 4.74 Å². The van der Waals surface area contributed by atoms with Gasteiger partial charge in [-0.2, -0.15) is 0 Å². The van der Waals surface area contributed by atoms with E-state index >= 15 is 0 Å². The highest BCUT2D eigenvalue weighted by Gasteiger charge is 2.42. The fourth-order valence-corrected chi connectivity index (χ4v) is 2.60. The van der Waals surface area contributed by atoms with Crippen molar-refractivity contribution in [3.8, 4) is 0 Å². The van der Waals surface area contributed by atoms with Gasteiger partial charge < -0.3 is 14.9 Å². The third kappa shape index (κ3) is 1.50. The molecule has 13 heavy (non-hydrogen) atoms. The summed E-state index contributed by atoms with van der Waals surface area (Å²) in [5, 5.41) is 19.3. The van der Waals surface area contributed by atoms with Crippen LogP contribution in [0.3, 0.4) is 0 Å². The average molecular weight is 203 g/mol. The summed E-state index contributed by atoms with van der Waals surface area (Å²) in [6.45, 7) is 1.93. The van der Waals surface area contributed by atoms with Crippen LogP contribution in [-0.4, -0.2) is 45.5 Å². The van der Waals surface area contributed by atoms with Gasteiger partial charge in [0.2, 0.25) is 0 Å². The Kier molecular flexibility index (Phi) is 2.60. The normalized spacial score (nSPS) is 44.4. The zero-order valence-electron chi connectivity index (χ0n) is 7.38. The van der Waals surface area contributed by atoms with Crippen LogP contribution in [0.4, 0.5) is 0 Å². The molecule has 0 saturated carbocycles. The van der Waals surface area contributed by atoms with Crippen molar-refractivity contribution in [1.82, 2.24) is 0 Å². The van der Waals surface area contributed by atoms with E-state index < -0.39 is 12.2 Å². The molecule has 2 aliphatic heterocycles. The molecule has 1 fully saturated rings. The minimum absolute atomic E-state index is 0.136. The Balaban J connectivity index is 2.16. The lowest BCUT2D eigenvalue weighted by atomic mass is 9.99. The summed E-state index contributed by atoms with van der Waals surface area (Å²) >= 11 is 1.55. The van der Waals surface area contributed by atoms with Crippen LogP contribution in [0.5, 0.6) is 0 Å². The predicted octanol–water partition coefficient (Wildman–Crippen LogP) is -0.0116. The van der Waals surface area contributed by atoms with Crippen LogP contribution in [0, 0.1) is 0 Å². The lowest BCUT2D eigenvalue weighted by Crippen LogP contribution is -2.52. The quantitative estimate of drug-likeness (QED) is 0.629. The van der Waals surface area contributed by atoms with Crippen molar-refractivity contribution in [2.45, 2.75) is 37.1 Å². The number of aliphatic hydroxyl groups is 2. The molecule has 0 spiro atoms. The van der Waals surface area contributed by atoms with Crippen LogP contribution in [0.25, 0.3) is 0 Å². The summed E-state index contributed by atoms with van der Waals surface area (Å²) in [5.74, 6) is 0.625. The van der Waals surface area contributed by atoms with Crippen molar-refractivity contribution in [3.63, 3.8) is 0 Å². The van der Waals surface area contributed by atoms with Crippen LogP contribution in [0.1, 0.15) is 13.3 Å². The second kappa shape index (κ2) is 3.57. The van der Waals surface area contributed by atoms with Gasteiger partial charge >= 0.3 is 0 Å². The smallest absolute Gasteiger partial charge is 0.146 e. The van der Waals surface area contributed by atoms with Crippen LogP contribution in [-0.2, 0) is 4.74 Å². The molecule has 0 aromatic rings. The van der Waals surface area contributed by atoms with Crippen LogP contribution < -0.4 is 0 Å². The van der Waals surface area contributed by atoms with Crippen molar-refractivity contribution in [1.29, 1.82) is 0 Å². The number of hydrogen-bond donors (Lipinski definition) is 2. The molecule has 0 aromatic heterocycles. The molecule has 0 aliphatic carbocycles. The molecule has 2 aliphatic rings. The molecule has 0 amide bonds. The predicted molar refractivity (Wildman–Crippen MR) is 50.9 cm³/mol. The Morgan fingerprint density at radius 1 is 1.62 bits per heavy atom. The zero-order chi connectivity index (χ0) is 9.42. The van der Waals surface area contributed by atoms with E-state index in [1.807, 2.05) is 6.92 Å². The average Bonchev–Trinajstić information content (AvgIpc) is 2.59. The molecule has 2 N–H and O–H groups in total. The zero-order valence-corrected chi connectivity index (χ0v) is 8.20. The summed E-state index contributed by atoms with van der Waals surface area (Å²) in [6.07, 6.45) is -1.20. The largest absolute Gasteiger partial charge is 0.387 e. The second-order valence-electron chi connectivity index (χ2n) is 3.23. The first-order chi connectivity index (χ1) is 6.24. The number of aliphatic imine (C=N–C) groups is 1. The fourth-order valence-electron chi connectivity index (χ4n) is 1.64. The first-order valence-electron chi connectivity index (χ1n) is 4.41. The molecule has 0 aromatic carbocycles. The maximum atomic E-state index is 9.68. The molecule has 0 unspecified atom stereocenters. The van der Waals surface area contributed by atoms with Gasteiger partial charge in [0, 0.05) is 0 Å². The Labute approximate surface area is 81.0 Å². The van der Waals surface area contributed by atoms with Crippen molar-refractivity contribution in [2.75, 3.05) is 5.88 Å². The van der Waals surface area contributed by atoms with E-state index in [1.54, 1.807) is 11.8 Å². The molecule has 2 heterocycles. The van der Waals surface area contributed by atoms with Gasteiger partial charge in [0.1, 0.15) is 17.6 Å². The van der Waals surface area contributed by atoms with Gasteiger partial charge in [-0.3, -0.25) is 4.99 Å². The van der Waals surface area contributed by atoms with Crippen LogP contribution >= 0.6 is 11.8 Å². The standard InChI is InChI=1S/C8H13NO3S/c1-2-4-6(10)7(11)5-8(12-4)13-3-9-5/h4,6-8,10-11H,2-3H2,1H3/t4-,6-,7-,8-/m1/s1. The molecule has 4 nitrogen and oxygen atoms in total. The molecule has 0 bridgehead atoms. The summed E-state index contributed by atoms with van der Waals surface area (Å²) in [4.78, 5) is 4.10. The summed E-state index contributed by atoms with van der Waals surface area (Å²) < 4.78 is 5.56. The highest BCUT2D eigenvalue weighted by Crippen LogP contribution is 2.31. The van der Waals surface area contributed by atoms with E-state index in [-0.39, 0.29) is 11.5 Å². The van der Waals surface area contributed by atoms with E-state index in [0.717, 1.165) is 0 Å². The third-order valence-corrected chi connectivity index (χ3v) is 3.36. The lowest BCUT2D eigenvalue weighted by Gasteiger charge is -2.35. The minimum Gasteiger partial charge on any atom is -0.387 e. The van der Waals surface area contributed by atoms with Gasteiger partial charge in [-0.05, 0) is 6.42 Å². The highest BCUT2D eigenvalue weighted by molar-refractivity contribution is 8.00. The maximum Gasteiger partial charge on any atom is 0.146 e. The van der Waals surface area contributed by atoms with Gasteiger partial charge in [-0.1, -0.05) is 6.92 Å². The Morgan fingerprint density at radius 3 is 3.08 bits per heavy atom. The number of aliphatic hydroxyl groups excluding tert-OH is 2. The van der Waals surface area contributed by atoms with Gasteiger partial charge in [-0.25, -0.2) is 0 Å². The van der Waals surface area contributed by atoms with Gasteiger partial charge in [0.15, 0.2) is 0 Å².